The Morgan fingerprint density at radius 3 is 2.00 bits per heavy atom. The summed E-state index contributed by atoms with van der Waals surface area (Å²) < 4.78 is 0. The Hall–Kier alpha value is -1.10. The molecule has 0 aliphatic carbocycles. The van der Waals surface area contributed by atoms with Gasteiger partial charge >= 0.3 is 0 Å². The van der Waals surface area contributed by atoms with Gasteiger partial charge in [-0.1, -0.05) is 27.7 Å². The minimum atomic E-state index is -0.495. The van der Waals surface area contributed by atoms with Crippen LogP contribution in [-0.4, -0.2) is 30.4 Å². The van der Waals surface area contributed by atoms with E-state index < -0.39 is 6.04 Å². The molecule has 0 aromatic rings. The number of nitrogens with one attached hydrogen (secondary N) is 2. The minimum Gasteiger partial charge on any atom is -0.351 e. The Morgan fingerprint density at radius 2 is 1.61 bits per heavy atom. The van der Waals surface area contributed by atoms with E-state index in [2.05, 4.69) is 10.6 Å². The van der Waals surface area contributed by atoms with Crippen molar-refractivity contribution in [2.24, 2.45) is 17.6 Å². The van der Waals surface area contributed by atoms with Gasteiger partial charge in [0.15, 0.2) is 0 Å². The summed E-state index contributed by atoms with van der Waals surface area (Å²) in [6, 6.07) is -0.578. The van der Waals surface area contributed by atoms with Crippen LogP contribution in [0.3, 0.4) is 0 Å². The molecule has 0 spiro atoms. The van der Waals surface area contributed by atoms with Gasteiger partial charge in [-0.25, -0.2) is 0 Å². The monoisotopic (exact) mass is 257 g/mol. The number of amides is 2. The van der Waals surface area contributed by atoms with E-state index in [4.69, 9.17) is 5.73 Å². The highest BCUT2D eigenvalue weighted by Crippen LogP contribution is 2.05. The summed E-state index contributed by atoms with van der Waals surface area (Å²) in [5, 5.41) is 5.58. The molecule has 5 heteroatoms. The summed E-state index contributed by atoms with van der Waals surface area (Å²) in [6.07, 6.45) is 0.433. The molecule has 1 unspecified atom stereocenters. The molecule has 18 heavy (non-hydrogen) atoms. The standard InChI is InChI=1S/C13H27N3O2/c1-8(2)6-11(17)16-12(9(3)4)13(18)15-10(5)7-14/h8-10,12H,6-7,14H2,1-5H3,(H,15,18)(H,16,17)/t10-,12?/m0/s1. The lowest BCUT2D eigenvalue weighted by Gasteiger charge is -2.24. The molecule has 0 saturated heterocycles. The zero-order chi connectivity index (χ0) is 14.3. The quantitative estimate of drug-likeness (QED) is 0.625. The lowest BCUT2D eigenvalue weighted by Crippen LogP contribution is -2.52. The SMILES string of the molecule is CC(C)CC(=O)NC(C(=O)N[C@@H](C)CN)C(C)C. The highest BCUT2D eigenvalue weighted by Gasteiger charge is 2.24. The van der Waals surface area contributed by atoms with Crippen LogP contribution in [0.1, 0.15) is 41.0 Å². The fraction of sp³-hybridized carbons (Fsp3) is 0.846. The second kappa shape index (κ2) is 8.08. The first-order chi connectivity index (χ1) is 8.27. The smallest absolute Gasteiger partial charge is 0.243 e. The average Bonchev–Trinajstić information content (AvgIpc) is 2.23. The Balaban J connectivity index is 4.47. The first-order valence-corrected chi connectivity index (χ1v) is 6.57. The third-order valence-electron chi connectivity index (χ3n) is 2.60. The zero-order valence-electron chi connectivity index (χ0n) is 12.1. The summed E-state index contributed by atoms with van der Waals surface area (Å²) in [5.74, 6) is 0.0780. The molecule has 106 valence electrons. The lowest BCUT2D eigenvalue weighted by molar-refractivity contribution is -0.130. The maximum absolute atomic E-state index is 12.0. The Labute approximate surface area is 110 Å². The van der Waals surface area contributed by atoms with E-state index in [0.29, 0.717) is 13.0 Å². The molecule has 5 nitrogen and oxygen atoms in total. The average molecular weight is 257 g/mol. The van der Waals surface area contributed by atoms with Crippen LogP contribution in [0.2, 0.25) is 0 Å². The van der Waals surface area contributed by atoms with Crippen LogP contribution in [0.4, 0.5) is 0 Å². The highest BCUT2D eigenvalue weighted by molar-refractivity contribution is 5.88. The largest absolute Gasteiger partial charge is 0.351 e. The maximum Gasteiger partial charge on any atom is 0.243 e. The summed E-state index contributed by atoms with van der Waals surface area (Å²) in [4.78, 5) is 23.7. The van der Waals surface area contributed by atoms with Crippen LogP contribution >= 0.6 is 0 Å². The number of nitrogens with two attached hydrogens (primary N) is 1. The fourth-order valence-electron chi connectivity index (χ4n) is 1.53. The predicted octanol–water partition coefficient (Wildman–Crippen LogP) is 0.637. The van der Waals surface area contributed by atoms with Gasteiger partial charge in [0.05, 0.1) is 0 Å². The van der Waals surface area contributed by atoms with Gasteiger partial charge in [0.25, 0.3) is 0 Å². The summed E-state index contributed by atoms with van der Waals surface area (Å²) in [6.45, 7) is 9.99. The summed E-state index contributed by atoms with van der Waals surface area (Å²) >= 11 is 0. The predicted molar refractivity (Wildman–Crippen MR) is 72.9 cm³/mol. The molecule has 0 aliphatic rings. The molecule has 0 radical (unpaired) electrons. The Kier molecular flexibility index (Phi) is 7.59. The molecule has 0 aromatic carbocycles. The van der Waals surface area contributed by atoms with Crippen LogP contribution in [-0.2, 0) is 9.59 Å². The van der Waals surface area contributed by atoms with Crippen LogP contribution in [0.15, 0.2) is 0 Å². The van der Waals surface area contributed by atoms with Gasteiger partial charge in [-0.15, -0.1) is 0 Å². The van der Waals surface area contributed by atoms with Gasteiger partial charge in [-0.2, -0.15) is 0 Å². The van der Waals surface area contributed by atoms with Crippen LogP contribution in [0.5, 0.6) is 0 Å². The molecule has 0 fully saturated rings. The van der Waals surface area contributed by atoms with Crippen LogP contribution < -0.4 is 16.4 Å². The molecule has 0 aromatic heterocycles. The first-order valence-electron chi connectivity index (χ1n) is 6.57. The minimum absolute atomic E-state index is 0.0473. The van der Waals surface area contributed by atoms with Gasteiger partial charge in [0, 0.05) is 19.0 Å². The molecule has 0 heterocycles. The molecule has 2 amide bonds. The number of carbonyl (C=O) groups excluding carboxylic acids is 2. The van der Waals surface area contributed by atoms with Gasteiger partial charge in [-0.05, 0) is 18.8 Å². The third kappa shape index (κ3) is 6.59. The van der Waals surface area contributed by atoms with E-state index in [0.717, 1.165) is 0 Å². The van der Waals surface area contributed by atoms with Crippen molar-refractivity contribution in [3.8, 4) is 0 Å². The van der Waals surface area contributed by atoms with Crippen molar-refractivity contribution < 1.29 is 9.59 Å². The molecule has 0 saturated carbocycles. The summed E-state index contributed by atoms with van der Waals surface area (Å²) in [7, 11) is 0. The second-order valence-corrected chi connectivity index (χ2v) is 5.53. The molecule has 2 atom stereocenters. The van der Waals surface area contributed by atoms with Gasteiger partial charge in [-0.3, -0.25) is 9.59 Å². The first kappa shape index (κ1) is 16.9. The van der Waals surface area contributed by atoms with Crippen LogP contribution in [0, 0.1) is 11.8 Å². The number of rotatable bonds is 7. The molecule has 0 aliphatic heterocycles. The molecular weight excluding hydrogens is 230 g/mol. The van der Waals surface area contributed by atoms with Crippen molar-refractivity contribution >= 4 is 11.8 Å². The Morgan fingerprint density at radius 1 is 1.06 bits per heavy atom. The van der Waals surface area contributed by atoms with Crippen molar-refractivity contribution in [1.29, 1.82) is 0 Å². The lowest BCUT2D eigenvalue weighted by atomic mass is 10.0. The third-order valence-corrected chi connectivity index (χ3v) is 2.60. The number of hydrogen-bond acceptors (Lipinski definition) is 3. The molecule has 0 bridgehead atoms. The van der Waals surface area contributed by atoms with E-state index in [9.17, 15) is 9.59 Å². The Bertz CT molecular complexity index is 277. The van der Waals surface area contributed by atoms with Crippen molar-refractivity contribution in [2.75, 3.05) is 6.54 Å². The van der Waals surface area contributed by atoms with Crippen molar-refractivity contribution in [3.05, 3.63) is 0 Å². The maximum atomic E-state index is 12.0. The van der Waals surface area contributed by atoms with Crippen molar-refractivity contribution in [2.45, 2.75) is 53.1 Å². The van der Waals surface area contributed by atoms with E-state index in [1.54, 1.807) is 0 Å². The topological polar surface area (TPSA) is 84.2 Å². The van der Waals surface area contributed by atoms with Gasteiger partial charge < -0.3 is 16.4 Å². The second-order valence-electron chi connectivity index (χ2n) is 5.53. The number of hydrogen-bond donors (Lipinski definition) is 3. The zero-order valence-corrected chi connectivity index (χ0v) is 12.1. The van der Waals surface area contributed by atoms with Gasteiger partial charge in [0.2, 0.25) is 11.8 Å². The molecule has 4 N–H and O–H groups in total. The van der Waals surface area contributed by atoms with E-state index in [1.165, 1.54) is 0 Å². The fourth-order valence-corrected chi connectivity index (χ4v) is 1.53. The van der Waals surface area contributed by atoms with E-state index in [-0.39, 0.29) is 29.7 Å². The van der Waals surface area contributed by atoms with Crippen LogP contribution in [0.25, 0.3) is 0 Å². The normalized spacial score (nSPS) is 14.4. The molecule has 0 rings (SSSR count). The van der Waals surface area contributed by atoms with E-state index in [1.807, 2.05) is 34.6 Å². The van der Waals surface area contributed by atoms with Crippen molar-refractivity contribution in [1.82, 2.24) is 10.6 Å². The summed E-state index contributed by atoms with van der Waals surface area (Å²) in [5.41, 5.74) is 5.46. The van der Waals surface area contributed by atoms with E-state index >= 15 is 0 Å². The molecular formula is C13H27N3O2. The van der Waals surface area contributed by atoms with Gasteiger partial charge in [0.1, 0.15) is 6.04 Å². The number of carbonyl (C=O) groups is 2. The van der Waals surface area contributed by atoms with Crippen molar-refractivity contribution in [3.63, 3.8) is 0 Å². The highest BCUT2D eigenvalue weighted by atomic mass is 16.2.